The Hall–Kier alpha value is -3.01. The van der Waals surface area contributed by atoms with Gasteiger partial charge in [-0.3, -0.25) is 4.79 Å². The summed E-state index contributed by atoms with van der Waals surface area (Å²) in [6.45, 7) is 0.968. The first kappa shape index (κ1) is 19.7. The van der Waals surface area contributed by atoms with Crippen LogP contribution < -0.4 is 10.1 Å². The summed E-state index contributed by atoms with van der Waals surface area (Å²) in [4.78, 5) is 12.2. The number of hydrogen-bond donors (Lipinski definition) is 1. The van der Waals surface area contributed by atoms with Crippen molar-refractivity contribution in [2.24, 2.45) is 0 Å². The highest BCUT2D eigenvalue weighted by atomic mass is 32.2. The van der Waals surface area contributed by atoms with Crippen LogP contribution in [0.25, 0.3) is 5.69 Å². The number of tetrazole rings is 1. The number of rotatable bonds is 7. The molecule has 146 valence electrons. The SMILES string of the molecule is Cc1cc(C)cc(-n2nnnc2SCC(=O)Nc2ccccc2OC(F)F)c1. The fraction of sp³-hybridized carbons (Fsp3) is 0.222. The zero-order valence-corrected chi connectivity index (χ0v) is 15.9. The third kappa shape index (κ3) is 5.03. The molecule has 0 spiro atoms. The number of anilines is 1. The lowest BCUT2D eigenvalue weighted by atomic mass is 10.1. The molecule has 0 aliphatic rings. The number of ether oxygens (including phenoxy) is 1. The number of halogens is 2. The first-order chi connectivity index (χ1) is 13.4. The summed E-state index contributed by atoms with van der Waals surface area (Å²) >= 11 is 1.13. The van der Waals surface area contributed by atoms with Gasteiger partial charge in [-0.25, -0.2) is 0 Å². The van der Waals surface area contributed by atoms with Gasteiger partial charge in [0.1, 0.15) is 5.75 Å². The molecule has 28 heavy (non-hydrogen) atoms. The number of thioether (sulfide) groups is 1. The van der Waals surface area contributed by atoms with Crippen LogP contribution in [0.5, 0.6) is 5.75 Å². The minimum Gasteiger partial charge on any atom is -0.433 e. The summed E-state index contributed by atoms with van der Waals surface area (Å²) in [5, 5.41) is 14.6. The summed E-state index contributed by atoms with van der Waals surface area (Å²) in [5.74, 6) is -0.505. The number of nitrogens with one attached hydrogen (secondary N) is 1. The van der Waals surface area contributed by atoms with E-state index < -0.39 is 12.5 Å². The molecule has 1 N–H and O–H groups in total. The van der Waals surface area contributed by atoms with Gasteiger partial charge in [-0.05, 0) is 59.7 Å². The highest BCUT2D eigenvalue weighted by molar-refractivity contribution is 7.99. The summed E-state index contributed by atoms with van der Waals surface area (Å²) in [5.41, 5.74) is 3.09. The van der Waals surface area contributed by atoms with Crippen LogP contribution >= 0.6 is 11.8 Å². The molecule has 0 saturated heterocycles. The van der Waals surface area contributed by atoms with Crippen molar-refractivity contribution in [2.75, 3.05) is 11.1 Å². The van der Waals surface area contributed by atoms with E-state index in [9.17, 15) is 13.6 Å². The van der Waals surface area contributed by atoms with Crippen LogP contribution in [-0.4, -0.2) is 38.5 Å². The van der Waals surface area contributed by atoms with Crippen LogP contribution in [0.2, 0.25) is 0 Å². The molecule has 3 rings (SSSR count). The Labute approximate surface area is 164 Å². The van der Waals surface area contributed by atoms with Crippen LogP contribution in [0.15, 0.2) is 47.6 Å². The number of aryl methyl sites for hydroxylation is 2. The van der Waals surface area contributed by atoms with Crippen molar-refractivity contribution in [3.05, 3.63) is 53.6 Å². The monoisotopic (exact) mass is 405 g/mol. The molecular formula is C18H17F2N5O2S. The van der Waals surface area contributed by atoms with Gasteiger partial charge < -0.3 is 10.1 Å². The van der Waals surface area contributed by atoms with E-state index in [0.29, 0.717) is 5.16 Å². The van der Waals surface area contributed by atoms with Crippen molar-refractivity contribution in [1.29, 1.82) is 0 Å². The van der Waals surface area contributed by atoms with E-state index in [-0.39, 0.29) is 17.2 Å². The second kappa shape index (κ2) is 8.79. The van der Waals surface area contributed by atoms with Crippen molar-refractivity contribution in [1.82, 2.24) is 20.2 Å². The van der Waals surface area contributed by atoms with Crippen LogP contribution in [0, 0.1) is 13.8 Å². The van der Waals surface area contributed by atoms with Crippen molar-refractivity contribution in [2.45, 2.75) is 25.6 Å². The van der Waals surface area contributed by atoms with E-state index in [0.717, 1.165) is 28.6 Å². The molecule has 0 unspecified atom stereocenters. The Morgan fingerprint density at radius 1 is 1.21 bits per heavy atom. The van der Waals surface area contributed by atoms with Gasteiger partial charge in [0, 0.05) is 0 Å². The molecule has 0 aliphatic heterocycles. The van der Waals surface area contributed by atoms with Crippen molar-refractivity contribution in [3.8, 4) is 11.4 Å². The van der Waals surface area contributed by atoms with Gasteiger partial charge in [0.25, 0.3) is 0 Å². The number of carbonyl (C=O) groups excluding carboxylic acids is 1. The summed E-state index contributed by atoms with van der Waals surface area (Å²) < 4.78 is 30.9. The van der Waals surface area contributed by atoms with E-state index in [1.54, 1.807) is 16.8 Å². The highest BCUT2D eigenvalue weighted by Crippen LogP contribution is 2.26. The van der Waals surface area contributed by atoms with Gasteiger partial charge in [0.05, 0.1) is 17.1 Å². The van der Waals surface area contributed by atoms with Crippen LogP contribution in [0.3, 0.4) is 0 Å². The molecule has 0 atom stereocenters. The van der Waals surface area contributed by atoms with Gasteiger partial charge in [0.2, 0.25) is 11.1 Å². The van der Waals surface area contributed by atoms with Gasteiger partial charge in [-0.15, -0.1) is 5.10 Å². The largest absolute Gasteiger partial charge is 0.433 e. The molecule has 0 fully saturated rings. The van der Waals surface area contributed by atoms with E-state index in [1.807, 2.05) is 32.0 Å². The van der Waals surface area contributed by atoms with Crippen molar-refractivity contribution in [3.63, 3.8) is 0 Å². The maximum absolute atomic E-state index is 12.5. The standard InChI is InChI=1S/C18H17F2N5O2S/c1-11-7-12(2)9-13(8-11)25-18(22-23-24-25)28-10-16(26)21-14-5-3-4-6-15(14)27-17(19)20/h3-9,17H,10H2,1-2H3,(H,21,26). The predicted octanol–water partition coefficient (Wildman–Crippen LogP) is 3.61. The fourth-order valence-corrected chi connectivity index (χ4v) is 3.28. The number of alkyl halides is 2. The third-order valence-electron chi connectivity index (χ3n) is 3.60. The van der Waals surface area contributed by atoms with E-state index >= 15 is 0 Å². The average Bonchev–Trinajstić information content (AvgIpc) is 3.09. The van der Waals surface area contributed by atoms with Crippen LogP contribution in [0.1, 0.15) is 11.1 Å². The van der Waals surface area contributed by atoms with Gasteiger partial charge in [-0.2, -0.15) is 13.5 Å². The minimum absolute atomic E-state index is 0.00577. The Morgan fingerprint density at radius 2 is 1.93 bits per heavy atom. The lowest BCUT2D eigenvalue weighted by Gasteiger charge is -2.11. The maximum Gasteiger partial charge on any atom is 0.387 e. The number of aromatic nitrogens is 4. The Bertz CT molecular complexity index is 960. The number of benzene rings is 2. The summed E-state index contributed by atoms with van der Waals surface area (Å²) in [6, 6.07) is 11.9. The molecule has 1 aromatic heterocycles. The third-order valence-corrected chi connectivity index (χ3v) is 4.52. The first-order valence-corrected chi connectivity index (χ1v) is 9.24. The number of hydrogen-bond acceptors (Lipinski definition) is 6. The normalized spacial score (nSPS) is 10.9. The van der Waals surface area contributed by atoms with Gasteiger partial charge in [0.15, 0.2) is 0 Å². The molecule has 3 aromatic rings. The molecule has 1 heterocycles. The molecule has 0 bridgehead atoms. The Balaban J connectivity index is 1.67. The fourth-order valence-electron chi connectivity index (χ4n) is 2.59. The average molecular weight is 405 g/mol. The summed E-state index contributed by atoms with van der Waals surface area (Å²) in [7, 11) is 0. The molecule has 0 radical (unpaired) electrons. The number of para-hydroxylation sites is 2. The van der Waals surface area contributed by atoms with E-state index in [4.69, 9.17) is 0 Å². The molecule has 7 nitrogen and oxygen atoms in total. The topological polar surface area (TPSA) is 81.9 Å². The molecule has 2 aromatic carbocycles. The Kier molecular flexibility index (Phi) is 6.19. The first-order valence-electron chi connectivity index (χ1n) is 8.26. The Morgan fingerprint density at radius 3 is 2.64 bits per heavy atom. The van der Waals surface area contributed by atoms with Crippen molar-refractivity contribution < 1.29 is 18.3 Å². The molecule has 1 amide bonds. The number of carbonyl (C=O) groups is 1. The zero-order chi connectivity index (χ0) is 20.1. The van der Waals surface area contributed by atoms with Gasteiger partial charge in [-0.1, -0.05) is 30.0 Å². The molecular weight excluding hydrogens is 388 g/mol. The van der Waals surface area contributed by atoms with Crippen LogP contribution in [-0.2, 0) is 4.79 Å². The number of amides is 1. The molecule has 0 saturated carbocycles. The second-order valence-corrected chi connectivity index (χ2v) is 6.87. The van der Waals surface area contributed by atoms with Crippen LogP contribution in [0.4, 0.5) is 14.5 Å². The quantitative estimate of drug-likeness (QED) is 0.605. The molecule has 0 aliphatic carbocycles. The van der Waals surface area contributed by atoms with Gasteiger partial charge >= 0.3 is 6.61 Å². The highest BCUT2D eigenvalue weighted by Gasteiger charge is 2.15. The smallest absolute Gasteiger partial charge is 0.387 e. The zero-order valence-electron chi connectivity index (χ0n) is 15.1. The second-order valence-electron chi connectivity index (χ2n) is 5.93. The lowest BCUT2D eigenvalue weighted by Crippen LogP contribution is -2.16. The van der Waals surface area contributed by atoms with E-state index in [2.05, 4.69) is 25.6 Å². The van der Waals surface area contributed by atoms with E-state index in [1.165, 1.54) is 12.1 Å². The maximum atomic E-state index is 12.5. The molecule has 10 heteroatoms. The van der Waals surface area contributed by atoms with Crippen molar-refractivity contribution >= 4 is 23.4 Å². The lowest BCUT2D eigenvalue weighted by molar-refractivity contribution is -0.113. The minimum atomic E-state index is -2.98. The summed E-state index contributed by atoms with van der Waals surface area (Å²) in [6.07, 6.45) is 0. The number of nitrogens with zero attached hydrogens (tertiary/aromatic N) is 4. The predicted molar refractivity (Wildman–Crippen MR) is 101 cm³/mol.